The van der Waals surface area contributed by atoms with Gasteiger partial charge in [-0.1, -0.05) is 36.4 Å². The topological polar surface area (TPSA) is 182 Å². The number of benzene rings is 2. The lowest BCUT2D eigenvalue weighted by atomic mass is 10.4. The average molecular weight is 536 g/mol. The number of aryl methyl sites for hydroxylation is 1. The van der Waals surface area contributed by atoms with E-state index < -0.39 is 20.2 Å². The molecule has 3 N–H and O–H groups in total. The van der Waals surface area contributed by atoms with Gasteiger partial charge in [-0.2, -0.15) is 16.8 Å². The Balaban J connectivity index is 0.000000159. The SMILES string of the molecule is CCn1c(-c2nnnn2C)nc2c1CNC2.O=S(=O)(O)c1ccccc1.O=S(=O)(O)c1ccccc1. The molecular weight excluding hydrogens is 510 g/mol. The number of aromatic nitrogens is 6. The highest BCUT2D eigenvalue weighted by Crippen LogP contribution is 2.23. The van der Waals surface area contributed by atoms with Gasteiger partial charge in [0.15, 0.2) is 5.82 Å². The fraction of sp³-hybridized carbons (Fsp3) is 0.238. The van der Waals surface area contributed by atoms with Gasteiger partial charge in [0.05, 0.1) is 21.2 Å². The Hall–Kier alpha value is -3.50. The molecule has 0 saturated heterocycles. The lowest BCUT2D eigenvalue weighted by Gasteiger charge is -2.06. The predicted octanol–water partition coefficient (Wildman–Crippen LogP) is 1.56. The molecule has 1 aliphatic rings. The molecule has 4 aromatic rings. The van der Waals surface area contributed by atoms with E-state index in [1.807, 2.05) is 7.05 Å². The monoisotopic (exact) mass is 535 g/mol. The lowest BCUT2D eigenvalue weighted by Crippen LogP contribution is -2.10. The van der Waals surface area contributed by atoms with Crippen molar-refractivity contribution in [3.63, 3.8) is 0 Å². The molecule has 13 nitrogen and oxygen atoms in total. The quantitative estimate of drug-likeness (QED) is 0.322. The summed E-state index contributed by atoms with van der Waals surface area (Å²) < 4.78 is 62.3. The van der Waals surface area contributed by atoms with Crippen molar-refractivity contribution in [1.29, 1.82) is 0 Å². The van der Waals surface area contributed by atoms with Crippen molar-refractivity contribution in [2.75, 3.05) is 0 Å². The third kappa shape index (κ3) is 6.79. The van der Waals surface area contributed by atoms with Gasteiger partial charge in [0.2, 0.25) is 5.82 Å². The zero-order valence-electron chi connectivity index (χ0n) is 19.4. The second kappa shape index (κ2) is 11.5. The van der Waals surface area contributed by atoms with Gasteiger partial charge in [0.25, 0.3) is 20.2 Å². The highest BCUT2D eigenvalue weighted by atomic mass is 32.2. The maximum atomic E-state index is 10.4. The second-order valence-corrected chi connectivity index (χ2v) is 10.2. The van der Waals surface area contributed by atoms with E-state index in [1.165, 1.54) is 30.0 Å². The Kier molecular flexibility index (Phi) is 8.65. The Bertz CT molecular complexity index is 1440. The normalized spacial score (nSPS) is 12.7. The van der Waals surface area contributed by atoms with E-state index in [1.54, 1.807) is 41.1 Å². The minimum absolute atomic E-state index is 0.0741. The number of fused-ring (bicyclic) bond motifs is 1. The first kappa shape index (κ1) is 27.1. The smallest absolute Gasteiger partial charge is 0.294 e. The van der Waals surface area contributed by atoms with Crippen LogP contribution >= 0.6 is 0 Å². The van der Waals surface area contributed by atoms with Crippen molar-refractivity contribution in [3.8, 4) is 11.6 Å². The minimum atomic E-state index is -4.00. The minimum Gasteiger partial charge on any atom is -0.324 e. The number of hydrogen-bond acceptors (Lipinski definition) is 9. The van der Waals surface area contributed by atoms with Crippen LogP contribution in [0.5, 0.6) is 0 Å². The second-order valence-electron chi connectivity index (χ2n) is 7.38. The summed E-state index contributed by atoms with van der Waals surface area (Å²) in [5, 5.41) is 14.8. The van der Waals surface area contributed by atoms with Crippen LogP contribution in [0.4, 0.5) is 0 Å². The van der Waals surface area contributed by atoms with Crippen LogP contribution in [0.1, 0.15) is 18.3 Å². The zero-order chi connectivity index (χ0) is 26.3. The van der Waals surface area contributed by atoms with E-state index in [-0.39, 0.29) is 9.79 Å². The van der Waals surface area contributed by atoms with Crippen molar-refractivity contribution < 1.29 is 25.9 Å². The van der Waals surface area contributed by atoms with Crippen LogP contribution in [0.15, 0.2) is 70.5 Å². The summed E-state index contributed by atoms with van der Waals surface area (Å²) in [6.45, 7) is 4.70. The molecule has 3 heterocycles. The van der Waals surface area contributed by atoms with Gasteiger partial charge < -0.3 is 9.88 Å². The van der Waals surface area contributed by atoms with Gasteiger partial charge in [0, 0.05) is 26.7 Å². The molecule has 0 unspecified atom stereocenters. The molecule has 5 rings (SSSR count). The van der Waals surface area contributed by atoms with E-state index in [0.29, 0.717) is 0 Å². The third-order valence-corrected chi connectivity index (χ3v) is 6.69. The van der Waals surface area contributed by atoms with E-state index in [4.69, 9.17) is 9.11 Å². The first-order chi connectivity index (χ1) is 17.0. The molecule has 0 fully saturated rings. The summed E-state index contributed by atoms with van der Waals surface area (Å²) in [4.78, 5) is 4.45. The summed E-state index contributed by atoms with van der Waals surface area (Å²) >= 11 is 0. The highest BCUT2D eigenvalue weighted by Gasteiger charge is 2.23. The van der Waals surface area contributed by atoms with Crippen LogP contribution in [-0.2, 0) is 46.9 Å². The molecule has 36 heavy (non-hydrogen) atoms. The molecule has 0 aliphatic carbocycles. The molecule has 0 radical (unpaired) electrons. The standard InChI is InChI=1S/C9H13N7.2C6H6O3S/c1-3-16-7-5-10-4-6(7)11-8(16)9-12-13-14-15(9)2;2*7-10(8,9)6-4-2-1-3-5-6/h10H,3-5H2,1-2H3;2*1-5H,(H,7,8,9). The van der Waals surface area contributed by atoms with Gasteiger partial charge in [-0.05, 0) is 41.6 Å². The van der Waals surface area contributed by atoms with E-state index in [0.717, 1.165) is 37.0 Å². The van der Waals surface area contributed by atoms with Gasteiger partial charge in [-0.15, -0.1) is 5.10 Å². The number of nitrogens with zero attached hydrogens (tertiary/aromatic N) is 6. The van der Waals surface area contributed by atoms with E-state index in [9.17, 15) is 16.8 Å². The van der Waals surface area contributed by atoms with Crippen molar-refractivity contribution in [3.05, 3.63) is 72.1 Å². The zero-order valence-corrected chi connectivity index (χ0v) is 21.1. The Morgan fingerprint density at radius 2 is 1.39 bits per heavy atom. The van der Waals surface area contributed by atoms with E-state index in [2.05, 4.69) is 37.3 Å². The fourth-order valence-corrected chi connectivity index (χ4v) is 4.29. The number of rotatable bonds is 4. The number of tetrazole rings is 1. The molecule has 2 aromatic heterocycles. The van der Waals surface area contributed by atoms with Crippen molar-refractivity contribution in [1.82, 2.24) is 35.1 Å². The van der Waals surface area contributed by atoms with Crippen LogP contribution < -0.4 is 5.32 Å². The molecule has 0 atom stereocenters. The van der Waals surface area contributed by atoms with Crippen LogP contribution in [0, 0.1) is 0 Å². The van der Waals surface area contributed by atoms with Crippen molar-refractivity contribution in [2.24, 2.45) is 7.05 Å². The molecule has 192 valence electrons. The Labute approximate surface area is 208 Å². The van der Waals surface area contributed by atoms with Crippen molar-refractivity contribution >= 4 is 20.2 Å². The molecule has 15 heteroatoms. The van der Waals surface area contributed by atoms with E-state index >= 15 is 0 Å². The van der Waals surface area contributed by atoms with Gasteiger partial charge >= 0.3 is 0 Å². The van der Waals surface area contributed by atoms with Crippen LogP contribution in [0.3, 0.4) is 0 Å². The number of imidazole rings is 1. The molecular formula is C21H25N7O6S2. The maximum Gasteiger partial charge on any atom is 0.294 e. The summed E-state index contributed by atoms with van der Waals surface area (Å²) in [6.07, 6.45) is 0. The maximum absolute atomic E-state index is 10.4. The third-order valence-electron chi connectivity index (χ3n) is 4.96. The predicted molar refractivity (Wildman–Crippen MR) is 129 cm³/mol. The first-order valence-corrected chi connectivity index (χ1v) is 13.5. The molecule has 0 spiro atoms. The Morgan fingerprint density at radius 1 is 0.861 bits per heavy atom. The number of nitrogens with one attached hydrogen (secondary N) is 1. The molecule has 0 amide bonds. The summed E-state index contributed by atoms with van der Waals surface area (Å²) in [7, 11) is -6.18. The van der Waals surface area contributed by atoms with Crippen LogP contribution in [-0.4, -0.2) is 55.7 Å². The van der Waals surface area contributed by atoms with Crippen LogP contribution in [0.2, 0.25) is 0 Å². The molecule has 0 bridgehead atoms. The molecule has 1 aliphatic heterocycles. The summed E-state index contributed by atoms with van der Waals surface area (Å²) in [5.41, 5.74) is 2.36. The van der Waals surface area contributed by atoms with Gasteiger partial charge in [0.1, 0.15) is 0 Å². The fourth-order valence-electron chi connectivity index (χ4n) is 3.29. The van der Waals surface area contributed by atoms with Crippen molar-refractivity contribution in [2.45, 2.75) is 36.3 Å². The van der Waals surface area contributed by atoms with Gasteiger partial charge in [-0.25, -0.2) is 9.67 Å². The molecule has 2 aromatic carbocycles. The summed E-state index contributed by atoms with van der Waals surface area (Å²) in [5.74, 6) is 1.58. The highest BCUT2D eigenvalue weighted by molar-refractivity contribution is 7.86. The Morgan fingerprint density at radius 3 is 1.78 bits per heavy atom. The molecule has 0 saturated carbocycles. The lowest BCUT2D eigenvalue weighted by molar-refractivity contribution is 0.481. The van der Waals surface area contributed by atoms with Gasteiger partial charge in [-0.3, -0.25) is 9.11 Å². The first-order valence-electron chi connectivity index (χ1n) is 10.6. The largest absolute Gasteiger partial charge is 0.324 e. The van der Waals surface area contributed by atoms with Crippen LogP contribution in [0.25, 0.3) is 11.6 Å². The number of hydrogen-bond donors (Lipinski definition) is 3. The average Bonchev–Trinajstić information content (AvgIpc) is 3.55. The summed E-state index contributed by atoms with van der Waals surface area (Å²) in [6, 6.07) is 14.8.